The Kier molecular flexibility index (Phi) is 13.0. The average Bonchev–Trinajstić information content (AvgIpc) is 3.24. The van der Waals surface area contributed by atoms with Gasteiger partial charge in [-0.2, -0.15) is 0 Å². The molecule has 4 N–H and O–H groups in total. The Hall–Kier alpha value is -5.91. The fourth-order valence-electron chi connectivity index (χ4n) is 6.64. The highest BCUT2D eigenvalue weighted by atomic mass is 32.2. The average molecular weight is 780 g/mol. The number of carbonyl (C=O) groups is 2. The molecule has 290 valence electrons. The fraction of sp³-hybridized carbons (Fsp3) is 0.191. The molecule has 0 aliphatic carbocycles. The number of hydrogen-bond acceptors (Lipinski definition) is 7. The smallest absolute Gasteiger partial charge is 0.319 e. The van der Waals surface area contributed by atoms with Crippen molar-refractivity contribution in [3.63, 3.8) is 0 Å². The maximum absolute atomic E-state index is 12.8. The van der Waals surface area contributed by atoms with Crippen molar-refractivity contribution in [2.75, 3.05) is 16.4 Å². The quantitative estimate of drug-likeness (QED) is 0.0862. The third-order valence-corrected chi connectivity index (χ3v) is 10.8. The van der Waals surface area contributed by atoms with E-state index in [-0.39, 0.29) is 36.7 Å². The largest absolute Gasteiger partial charge is 0.457 e. The number of rotatable bonds is 13. The van der Waals surface area contributed by atoms with Crippen LogP contribution in [0.5, 0.6) is 11.5 Å². The SMILES string of the molecule is CC(=O)Nc1ccc(SCC2OC(c3cccc(-c4cccc(CNC(=O)Nc5ccc(Oc6ccccc6)cc5)c4)c3)OC(c3ccc(CO)cc3)C2C)cc1. The minimum absolute atomic E-state index is 0.0230. The number of nitrogens with one attached hydrogen (secondary N) is 3. The summed E-state index contributed by atoms with van der Waals surface area (Å²) < 4.78 is 19.3. The Labute approximate surface area is 337 Å². The van der Waals surface area contributed by atoms with Crippen molar-refractivity contribution in [3.05, 3.63) is 174 Å². The predicted octanol–water partition coefficient (Wildman–Crippen LogP) is 10.5. The molecule has 1 aliphatic rings. The summed E-state index contributed by atoms with van der Waals surface area (Å²) >= 11 is 1.70. The van der Waals surface area contributed by atoms with Gasteiger partial charge in [-0.15, -0.1) is 11.8 Å². The summed E-state index contributed by atoms with van der Waals surface area (Å²) in [6.45, 7) is 3.97. The Bertz CT molecular complexity index is 2250. The van der Waals surface area contributed by atoms with E-state index in [9.17, 15) is 14.7 Å². The second-order valence-corrected chi connectivity index (χ2v) is 15.0. The summed E-state index contributed by atoms with van der Waals surface area (Å²) in [5.41, 5.74) is 7.13. The molecule has 6 aromatic rings. The van der Waals surface area contributed by atoms with Gasteiger partial charge in [0.25, 0.3) is 0 Å². The maximum atomic E-state index is 12.8. The number of aliphatic hydroxyl groups is 1. The molecule has 3 amide bonds. The molecule has 0 aromatic heterocycles. The first-order valence-electron chi connectivity index (χ1n) is 18.9. The van der Waals surface area contributed by atoms with Crippen molar-refractivity contribution in [3.8, 4) is 22.6 Å². The molecule has 0 saturated carbocycles. The number of amides is 3. The highest BCUT2D eigenvalue weighted by Crippen LogP contribution is 2.43. The topological polar surface area (TPSA) is 118 Å². The molecular formula is C47H45N3O6S. The summed E-state index contributed by atoms with van der Waals surface area (Å²) in [5, 5.41) is 18.3. The van der Waals surface area contributed by atoms with Crippen molar-refractivity contribution in [2.45, 2.75) is 50.4 Å². The minimum atomic E-state index is -0.621. The normalized spacial score (nSPS) is 17.7. The maximum Gasteiger partial charge on any atom is 0.319 e. The number of carbonyl (C=O) groups excluding carboxylic acids is 2. The van der Waals surface area contributed by atoms with Gasteiger partial charge >= 0.3 is 6.03 Å². The second-order valence-electron chi connectivity index (χ2n) is 13.9. The minimum Gasteiger partial charge on any atom is -0.457 e. The van der Waals surface area contributed by atoms with Crippen LogP contribution in [-0.4, -0.2) is 28.9 Å². The summed E-state index contributed by atoms with van der Waals surface area (Å²) in [4.78, 5) is 25.4. The lowest BCUT2D eigenvalue weighted by atomic mass is 9.91. The van der Waals surface area contributed by atoms with Crippen molar-refractivity contribution in [1.82, 2.24) is 5.32 Å². The lowest BCUT2D eigenvalue weighted by Gasteiger charge is -2.41. The molecule has 57 heavy (non-hydrogen) atoms. The van der Waals surface area contributed by atoms with Gasteiger partial charge in [0.05, 0.1) is 18.8 Å². The zero-order chi connectivity index (χ0) is 39.6. The zero-order valence-electron chi connectivity index (χ0n) is 31.8. The van der Waals surface area contributed by atoms with Gasteiger partial charge in [-0.25, -0.2) is 4.79 Å². The van der Waals surface area contributed by atoms with E-state index in [1.807, 2.05) is 115 Å². The fourth-order valence-corrected chi connectivity index (χ4v) is 7.71. The van der Waals surface area contributed by atoms with E-state index in [2.05, 4.69) is 47.1 Å². The van der Waals surface area contributed by atoms with Crippen molar-refractivity contribution < 1.29 is 28.9 Å². The Morgan fingerprint density at radius 3 is 2.07 bits per heavy atom. The van der Waals surface area contributed by atoms with Crippen LogP contribution in [0.3, 0.4) is 0 Å². The molecule has 0 radical (unpaired) electrons. The third-order valence-electron chi connectivity index (χ3n) is 9.68. The molecule has 4 atom stereocenters. The Morgan fingerprint density at radius 1 is 0.684 bits per heavy atom. The van der Waals surface area contributed by atoms with Crippen molar-refractivity contribution >= 4 is 35.1 Å². The standard InChI is InChI=1S/C47H45N3O6S/c1-31-44(30-57-43-24-20-39(21-25-43)49-32(2)52)55-46(56-45(31)35-16-14-33(29-51)15-17-35)38-11-7-10-37(27-38)36-9-6-8-34(26-36)28-48-47(53)50-40-18-22-42(23-19-40)54-41-12-4-3-5-13-41/h3-27,31,44-46,51H,28-30H2,1-2H3,(H,49,52)(H2,48,50,53). The van der Waals surface area contributed by atoms with Crippen LogP contribution in [0, 0.1) is 5.92 Å². The highest BCUT2D eigenvalue weighted by molar-refractivity contribution is 7.99. The summed E-state index contributed by atoms with van der Waals surface area (Å²) in [6, 6.07) is 48.5. The van der Waals surface area contributed by atoms with Crippen LogP contribution in [0.1, 0.15) is 48.5 Å². The zero-order valence-corrected chi connectivity index (χ0v) is 32.6. The van der Waals surface area contributed by atoms with Gasteiger partial charge in [0.15, 0.2) is 6.29 Å². The van der Waals surface area contributed by atoms with Crippen molar-refractivity contribution in [2.24, 2.45) is 5.92 Å². The lowest BCUT2D eigenvalue weighted by molar-refractivity contribution is -0.268. The predicted molar refractivity (Wildman–Crippen MR) is 225 cm³/mol. The molecule has 1 fully saturated rings. The number of benzene rings is 6. The molecule has 4 unspecified atom stereocenters. The molecule has 9 nitrogen and oxygen atoms in total. The van der Waals surface area contributed by atoms with Crippen LogP contribution < -0.4 is 20.7 Å². The van der Waals surface area contributed by atoms with Gasteiger partial charge in [-0.05, 0) is 101 Å². The number of anilines is 2. The third kappa shape index (κ3) is 10.7. The molecule has 1 aliphatic heterocycles. The lowest BCUT2D eigenvalue weighted by Crippen LogP contribution is -2.38. The van der Waals surface area contributed by atoms with Crippen LogP contribution in [0.15, 0.2) is 157 Å². The molecule has 0 spiro atoms. The highest BCUT2D eigenvalue weighted by Gasteiger charge is 2.38. The van der Waals surface area contributed by atoms with Gasteiger partial charge in [-0.3, -0.25) is 4.79 Å². The van der Waals surface area contributed by atoms with Crippen LogP contribution in [0.4, 0.5) is 16.2 Å². The van der Waals surface area contributed by atoms with E-state index in [0.29, 0.717) is 23.7 Å². The molecule has 6 aromatic carbocycles. The van der Waals surface area contributed by atoms with E-state index < -0.39 is 6.29 Å². The van der Waals surface area contributed by atoms with E-state index in [1.54, 1.807) is 23.9 Å². The number of ether oxygens (including phenoxy) is 3. The first-order valence-corrected chi connectivity index (χ1v) is 19.9. The summed E-state index contributed by atoms with van der Waals surface area (Å²) in [7, 11) is 0. The summed E-state index contributed by atoms with van der Waals surface area (Å²) in [6.07, 6.45) is -1.01. The number of urea groups is 1. The molecule has 7 rings (SSSR count). The Balaban J connectivity index is 1.02. The molecule has 10 heteroatoms. The Morgan fingerprint density at radius 2 is 1.35 bits per heavy atom. The summed E-state index contributed by atoms with van der Waals surface area (Å²) in [5.74, 6) is 2.05. The van der Waals surface area contributed by atoms with Gasteiger partial charge in [0, 0.05) is 47.0 Å². The van der Waals surface area contributed by atoms with E-state index >= 15 is 0 Å². The second kappa shape index (κ2) is 18.8. The molecular weight excluding hydrogens is 735 g/mol. The van der Waals surface area contributed by atoms with Gasteiger partial charge < -0.3 is 35.3 Å². The first-order chi connectivity index (χ1) is 27.8. The molecule has 0 bridgehead atoms. The number of para-hydroxylation sites is 1. The first kappa shape index (κ1) is 39.3. The van der Waals surface area contributed by atoms with E-state index in [1.165, 1.54) is 6.92 Å². The van der Waals surface area contributed by atoms with E-state index in [0.717, 1.165) is 49.7 Å². The van der Waals surface area contributed by atoms with Crippen LogP contribution in [-0.2, 0) is 27.4 Å². The van der Waals surface area contributed by atoms with Crippen LogP contribution in [0.2, 0.25) is 0 Å². The van der Waals surface area contributed by atoms with Crippen molar-refractivity contribution in [1.29, 1.82) is 0 Å². The number of aliphatic hydroxyl groups excluding tert-OH is 1. The van der Waals surface area contributed by atoms with Gasteiger partial charge in [-0.1, -0.05) is 85.8 Å². The van der Waals surface area contributed by atoms with Gasteiger partial charge in [0.1, 0.15) is 11.5 Å². The molecule has 1 heterocycles. The molecule has 1 saturated heterocycles. The van der Waals surface area contributed by atoms with Crippen LogP contribution in [0.25, 0.3) is 11.1 Å². The number of hydrogen-bond donors (Lipinski definition) is 4. The van der Waals surface area contributed by atoms with E-state index in [4.69, 9.17) is 14.2 Å². The number of thioether (sulfide) groups is 1. The van der Waals surface area contributed by atoms with Crippen LogP contribution >= 0.6 is 11.8 Å². The monoisotopic (exact) mass is 779 g/mol. The van der Waals surface area contributed by atoms with Gasteiger partial charge in [0.2, 0.25) is 5.91 Å².